The molecule has 6 heteroatoms. The van der Waals surface area contributed by atoms with Crippen LogP contribution in [0.4, 0.5) is 0 Å². The van der Waals surface area contributed by atoms with Gasteiger partial charge in [-0.15, -0.1) is 0 Å². The Kier molecular flexibility index (Phi) is 4.31. The number of nitrogens with zero attached hydrogens (tertiary/aromatic N) is 1. The lowest BCUT2D eigenvalue weighted by Crippen LogP contribution is -2.50. The summed E-state index contributed by atoms with van der Waals surface area (Å²) in [4.78, 5) is 0. The summed E-state index contributed by atoms with van der Waals surface area (Å²) in [6.07, 6.45) is 3.47. The predicted octanol–water partition coefficient (Wildman–Crippen LogP) is 0.163. The molecule has 0 bridgehead atoms. The summed E-state index contributed by atoms with van der Waals surface area (Å²) in [5.41, 5.74) is -0.865. The zero-order valence-electron chi connectivity index (χ0n) is 11.1. The number of hydrogen-bond donors (Lipinski definition) is 2. The van der Waals surface area contributed by atoms with Gasteiger partial charge < -0.3 is 10.4 Å². The van der Waals surface area contributed by atoms with Crippen LogP contribution in [0.2, 0.25) is 0 Å². The first-order valence-electron chi connectivity index (χ1n) is 6.80. The lowest BCUT2D eigenvalue weighted by molar-refractivity contribution is 0.00929. The molecule has 2 aliphatic heterocycles. The third-order valence-corrected chi connectivity index (χ3v) is 5.87. The van der Waals surface area contributed by atoms with Crippen molar-refractivity contribution in [3.63, 3.8) is 0 Å². The zero-order valence-corrected chi connectivity index (χ0v) is 11.9. The first kappa shape index (κ1) is 14.2. The maximum Gasteiger partial charge on any atom is 0.214 e. The smallest absolute Gasteiger partial charge is 0.214 e. The molecular formula is C12H24N2O3S. The van der Waals surface area contributed by atoms with E-state index in [2.05, 4.69) is 5.32 Å². The first-order chi connectivity index (χ1) is 8.39. The third kappa shape index (κ3) is 3.66. The second-order valence-electron chi connectivity index (χ2n) is 5.92. The van der Waals surface area contributed by atoms with Gasteiger partial charge >= 0.3 is 0 Å². The second kappa shape index (κ2) is 5.45. The van der Waals surface area contributed by atoms with Crippen LogP contribution in [0.5, 0.6) is 0 Å². The summed E-state index contributed by atoms with van der Waals surface area (Å²) in [6.45, 7) is 4.31. The Labute approximate surface area is 110 Å². The molecule has 0 aromatic carbocycles. The van der Waals surface area contributed by atoms with Gasteiger partial charge in [-0.25, -0.2) is 8.42 Å². The minimum absolute atomic E-state index is 0.218. The van der Waals surface area contributed by atoms with Crippen LogP contribution in [0.1, 0.15) is 32.6 Å². The van der Waals surface area contributed by atoms with Gasteiger partial charge in [0.05, 0.1) is 11.4 Å². The fraction of sp³-hybridized carbons (Fsp3) is 1.00. The zero-order chi connectivity index (χ0) is 13.2. The van der Waals surface area contributed by atoms with Gasteiger partial charge in [0.25, 0.3) is 0 Å². The molecule has 2 fully saturated rings. The Hall–Kier alpha value is -0.170. The number of piperidine rings is 2. The van der Waals surface area contributed by atoms with Crippen molar-refractivity contribution in [2.75, 3.05) is 31.9 Å². The molecule has 18 heavy (non-hydrogen) atoms. The van der Waals surface area contributed by atoms with Crippen LogP contribution in [0.15, 0.2) is 0 Å². The normalized spacial score (nSPS) is 35.6. The van der Waals surface area contributed by atoms with Gasteiger partial charge in [-0.2, -0.15) is 4.31 Å². The van der Waals surface area contributed by atoms with Crippen molar-refractivity contribution in [2.24, 2.45) is 5.92 Å². The van der Waals surface area contributed by atoms with Crippen molar-refractivity contribution < 1.29 is 13.5 Å². The summed E-state index contributed by atoms with van der Waals surface area (Å²) in [5, 5.41) is 13.2. The van der Waals surface area contributed by atoms with Crippen LogP contribution in [0.3, 0.4) is 0 Å². The maximum absolute atomic E-state index is 12.3. The topological polar surface area (TPSA) is 69.6 Å². The summed E-state index contributed by atoms with van der Waals surface area (Å²) < 4.78 is 26.1. The number of rotatable bonds is 3. The van der Waals surface area contributed by atoms with E-state index in [1.165, 1.54) is 4.31 Å². The van der Waals surface area contributed by atoms with Gasteiger partial charge in [0, 0.05) is 13.1 Å². The number of aliphatic hydroxyl groups is 1. The van der Waals surface area contributed by atoms with Gasteiger partial charge in [0.1, 0.15) is 0 Å². The molecule has 0 saturated carbocycles. The van der Waals surface area contributed by atoms with Crippen LogP contribution in [0, 0.1) is 5.92 Å². The molecule has 0 radical (unpaired) electrons. The molecule has 0 aliphatic carbocycles. The van der Waals surface area contributed by atoms with E-state index in [1.807, 2.05) is 0 Å². The monoisotopic (exact) mass is 276 g/mol. The van der Waals surface area contributed by atoms with E-state index >= 15 is 0 Å². The van der Waals surface area contributed by atoms with Gasteiger partial charge in [-0.05, 0) is 51.6 Å². The molecule has 2 unspecified atom stereocenters. The van der Waals surface area contributed by atoms with Crippen molar-refractivity contribution >= 4 is 10.0 Å². The molecule has 106 valence electrons. The summed E-state index contributed by atoms with van der Waals surface area (Å²) in [5.74, 6) is 0.437. The van der Waals surface area contributed by atoms with Crippen molar-refractivity contribution in [2.45, 2.75) is 38.2 Å². The average Bonchev–Trinajstić information content (AvgIpc) is 2.28. The molecule has 0 aromatic heterocycles. The van der Waals surface area contributed by atoms with Gasteiger partial charge in [-0.1, -0.05) is 0 Å². The van der Waals surface area contributed by atoms with Crippen LogP contribution in [-0.2, 0) is 10.0 Å². The SMILES string of the molecule is CC1(O)CCCN(S(=O)(=O)CC2CCCNC2)C1. The van der Waals surface area contributed by atoms with E-state index in [0.717, 1.165) is 32.4 Å². The van der Waals surface area contributed by atoms with E-state index in [9.17, 15) is 13.5 Å². The highest BCUT2D eigenvalue weighted by atomic mass is 32.2. The maximum atomic E-state index is 12.3. The van der Waals surface area contributed by atoms with Crippen molar-refractivity contribution in [1.29, 1.82) is 0 Å². The largest absolute Gasteiger partial charge is 0.389 e. The summed E-state index contributed by atoms with van der Waals surface area (Å²) >= 11 is 0. The van der Waals surface area contributed by atoms with Crippen LogP contribution in [0.25, 0.3) is 0 Å². The molecule has 2 rings (SSSR count). The number of β-amino-alcohol motifs (C(OH)–C–C–N with tert-alkyl or cyclic N) is 1. The summed E-state index contributed by atoms with van der Waals surface area (Å²) in [6, 6.07) is 0. The Morgan fingerprint density at radius 3 is 2.83 bits per heavy atom. The van der Waals surface area contributed by atoms with Crippen LogP contribution >= 0.6 is 0 Å². The van der Waals surface area contributed by atoms with E-state index < -0.39 is 15.6 Å². The number of nitrogens with one attached hydrogen (secondary N) is 1. The average molecular weight is 276 g/mol. The molecule has 0 amide bonds. The molecule has 2 atom stereocenters. The fourth-order valence-corrected chi connectivity index (χ4v) is 4.85. The number of sulfonamides is 1. The molecule has 0 aromatic rings. The minimum Gasteiger partial charge on any atom is -0.389 e. The highest BCUT2D eigenvalue weighted by molar-refractivity contribution is 7.89. The fourth-order valence-electron chi connectivity index (χ4n) is 2.88. The summed E-state index contributed by atoms with van der Waals surface area (Å²) in [7, 11) is -3.22. The van der Waals surface area contributed by atoms with E-state index in [-0.39, 0.29) is 18.2 Å². The predicted molar refractivity (Wildman–Crippen MR) is 70.8 cm³/mol. The Morgan fingerprint density at radius 1 is 1.44 bits per heavy atom. The minimum atomic E-state index is -3.22. The first-order valence-corrected chi connectivity index (χ1v) is 8.41. The molecular weight excluding hydrogens is 252 g/mol. The molecule has 5 nitrogen and oxygen atoms in total. The van der Waals surface area contributed by atoms with E-state index in [0.29, 0.717) is 13.0 Å². The highest BCUT2D eigenvalue weighted by Gasteiger charge is 2.35. The third-order valence-electron chi connectivity index (χ3n) is 3.88. The van der Waals surface area contributed by atoms with Crippen molar-refractivity contribution in [1.82, 2.24) is 9.62 Å². The highest BCUT2D eigenvalue weighted by Crippen LogP contribution is 2.24. The molecule has 0 spiro atoms. The Bertz CT molecular complexity index is 375. The van der Waals surface area contributed by atoms with Gasteiger partial charge in [0.15, 0.2) is 0 Å². The van der Waals surface area contributed by atoms with Crippen LogP contribution < -0.4 is 5.32 Å². The molecule has 2 heterocycles. The van der Waals surface area contributed by atoms with Crippen molar-refractivity contribution in [3.05, 3.63) is 0 Å². The van der Waals surface area contributed by atoms with Gasteiger partial charge in [-0.3, -0.25) is 0 Å². The van der Waals surface area contributed by atoms with Crippen LogP contribution in [-0.4, -0.2) is 55.4 Å². The van der Waals surface area contributed by atoms with E-state index in [4.69, 9.17) is 0 Å². The lowest BCUT2D eigenvalue weighted by Gasteiger charge is -2.37. The Balaban J connectivity index is 1.97. The quantitative estimate of drug-likeness (QED) is 0.770. The molecule has 2 N–H and O–H groups in total. The molecule has 2 aliphatic rings. The molecule has 2 saturated heterocycles. The number of hydrogen-bond acceptors (Lipinski definition) is 4. The van der Waals surface area contributed by atoms with Gasteiger partial charge in [0.2, 0.25) is 10.0 Å². The lowest BCUT2D eigenvalue weighted by atomic mass is 9.97. The Morgan fingerprint density at radius 2 is 2.22 bits per heavy atom. The van der Waals surface area contributed by atoms with Crippen molar-refractivity contribution in [3.8, 4) is 0 Å². The van der Waals surface area contributed by atoms with E-state index in [1.54, 1.807) is 6.92 Å². The second-order valence-corrected chi connectivity index (χ2v) is 7.94. The standard InChI is InChI=1S/C12H24N2O3S/c1-12(15)5-3-7-14(10-12)18(16,17)9-11-4-2-6-13-8-11/h11,13,15H,2-10H2,1H3.